The average molecular weight is 235 g/mol. The largest absolute Gasteiger partial charge is 0.335 e. The van der Waals surface area contributed by atoms with Crippen molar-refractivity contribution >= 4 is 5.69 Å². The van der Waals surface area contributed by atoms with E-state index in [2.05, 4.69) is 10.1 Å². The van der Waals surface area contributed by atoms with Gasteiger partial charge in [0.25, 0.3) is 0 Å². The fourth-order valence-electron chi connectivity index (χ4n) is 1.76. The summed E-state index contributed by atoms with van der Waals surface area (Å²) in [5, 5.41) is 15.4. The molecule has 7 nitrogen and oxygen atoms in total. The average Bonchev–Trinajstić information content (AvgIpc) is 2.83. The van der Waals surface area contributed by atoms with E-state index in [1.165, 1.54) is 11.0 Å². The van der Waals surface area contributed by atoms with E-state index in [0.29, 0.717) is 11.5 Å². The Bertz CT molecular complexity index is 541. The summed E-state index contributed by atoms with van der Waals surface area (Å²) in [5.41, 5.74) is 0.529. The minimum Gasteiger partial charge on any atom is -0.285 e. The van der Waals surface area contributed by atoms with Crippen molar-refractivity contribution in [2.75, 3.05) is 0 Å². The van der Waals surface area contributed by atoms with E-state index >= 15 is 0 Å². The minimum absolute atomic E-state index is 0.00104. The molecule has 2 aromatic heterocycles. The molecule has 0 aromatic carbocycles. The molecule has 0 radical (unpaired) electrons. The Labute approximate surface area is 97.8 Å². The smallest absolute Gasteiger partial charge is 0.285 e. The van der Waals surface area contributed by atoms with E-state index in [0.717, 1.165) is 0 Å². The van der Waals surface area contributed by atoms with E-state index < -0.39 is 4.92 Å². The van der Waals surface area contributed by atoms with Crippen LogP contribution in [0.4, 0.5) is 5.69 Å². The number of nitro groups is 1. The first kappa shape index (κ1) is 11.3. The van der Waals surface area contributed by atoms with Crippen LogP contribution >= 0.6 is 0 Å². The van der Waals surface area contributed by atoms with Gasteiger partial charge in [0, 0.05) is 25.4 Å². The fourth-order valence-corrected chi connectivity index (χ4v) is 1.76. The predicted molar refractivity (Wildman–Crippen MR) is 61.1 cm³/mol. The molecule has 0 saturated heterocycles. The first-order chi connectivity index (χ1) is 8.02. The zero-order chi connectivity index (χ0) is 12.6. The summed E-state index contributed by atoms with van der Waals surface area (Å²) in [6.45, 7) is 3.76. The van der Waals surface area contributed by atoms with Gasteiger partial charge in [-0.25, -0.2) is 9.67 Å². The molecule has 2 aromatic rings. The van der Waals surface area contributed by atoms with Crippen molar-refractivity contribution in [2.24, 2.45) is 7.05 Å². The van der Waals surface area contributed by atoms with Gasteiger partial charge in [-0.15, -0.1) is 0 Å². The lowest BCUT2D eigenvalue weighted by atomic mass is 10.1. The van der Waals surface area contributed by atoms with Crippen LogP contribution in [0.1, 0.15) is 25.5 Å². The van der Waals surface area contributed by atoms with Crippen molar-refractivity contribution in [3.8, 4) is 5.82 Å². The Hall–Kier alpha value is -2.18. The van der Waals surface area contributed by atoms with Gasteiger partial charge in [-0.1, -0.05) is 13.8 Å². The second kappa shape index (κ2) is 4.00. The van der Waals surface area contributed by atoms with E-state index in [9.17, 15) is 10.1 Å². The Morgan fingerprint density at radius 3 is 2.65 bits per heavy atom. The molecule has 0 aliphatic carbocycles. The molecule has 0 aliphatic heterocycles. The lowest BCUT2D eigenvalue weighted by Crippen LogP contribution is -2.03. The van der Waals surface area contributed by atoms with Gasteiger partial charge in [0.15, 0.2) is 0 Å². The van der Waals surface area contributed by atoms with Crippen molar-refractivity contribution < 1.29 is 4.92 Å². The van der Waals surface area contributed by atoms with Gasteiger partial charge >= 0.3 is 5.69 Å². The van der Waals surface area contributed by atoms with Gasteiger partial charge in [-0.05, 0) is 0 Å². The van der Waals surface area contributed by atoms with Gasteiger partial charge in [0.05, 0.1) is 4.92 Å². The maximum atomic E-state index is 11.2. The molecule has 2 heterocycles. The molecule has 0 atom stereocenters. The molecular weight excluding hydrogens is 222 g/mol. The molecule has 17 heavy (non-hydrogen) atoms. The van der Waals surface area contributed by atoms with E-state index in [1.54, 1.807) is 24.0 Å². The third-order valence-corrected chi connectivity index (χ3v) is 2.50. The number of nitrogens with zero attached hydrogens (tertiary/aromatic N) is 5. The molecular formula is C10H13N5O2. The fraction of sp³-hybridized carbons (Fsp3) is 0.400. The quantitative estimate of drug-likeness (QED) is 0.598. The molecule has 0 unspecified atom stereocenters. The molecule has 0 fully saturated rings. The molecule has 2 rings (SSSR count). The highest BCUT2D eigenvalue weighted by molar-refractivity contribution is 5.52. The van der Waals surface area contributed by atoms with Crippen LogP contribution in [0.15, 0.2) is 18.7 Å². The summed E-state index contributed by atoms with van der Waals surface area (Å²) in [7, 11) is 1.69. The molecule has 0 aliphatic rings. The van der Waals surface area contributed by atoms with Crippen LogP contribution in [-0.4, -0.2) is 24.3 Å². The van der Waals surface area contributed by atoms with Gasteiger partial charge in [0.1, 0.15) is 12.0 Å². The normalized spacial score (nSPS) is 11.1. The maximum absolute atomic E-state index is 11.2. The number of aromatic nitrogens is 4. The first-order valence-corrected chi connectivity index (χ1v) is 5.22. The Balaban J connectivity index is 2.70. The summed E-state index contributed by atoms with van der Waals surface area (Å²) < 4.78 is 3.10. The second-order valence-electron chi connectivity index (χ2n) is 4.06. The van der Waals surface area contributed by atoms with Crippen molar-refractivity contribution in [1.82, 2.24) is 19.3 Å². The van der Waals surface area contributed by atoms with E-state index in [-0.39, 0.29) is 11.6 Å². The van der Waals surface area contributed by atoms with E-state index in [1.807, 2.05) is 13.8 Å². The molecule has 0 bridgehead atoms. The Kier molecular flexibility index (Phi) is 2.66. The van der Waals surface area contributed by atoms with Crippen molar-refractivity contribution in [3.63, 3.8) is 0 Å². The highest BCUT2D eigenvalue weighted by Gasteiger charge is 2.29. The Morgan fingerprint density at radius 2 is 2.18 bits per heavy atom. The minimum atomic E-state index is -0.391. The van der Waals surface area contributed by atoms with Crippen LogP contribution in [0.25, 0.3) is 5.82 Å². The standard InChI is InChI=1S/C10H13N5O2/c1-7(2)8-9(15(16)17)10(13(3)12-8)14-5-4-11-6-14/h4-7H,1-3H3. The van der Waals surface area contributed by atoms with Gasteiger partial charge in [-0.2, -0.15) is 5.10 Å². The van der Waals surface area contributed by atoms with Crippen molar-refractivity contribution in [2.45, 2.75) is 19.8 Å². The lowest BCUT2D eigenvalue weighted by molar-refractivity contribution is -0.385. The molecule has 7 heteroatoms. The monoisotopic (exact) mass is 235 g/mol. The summed E-state index contributed by atoms with van der Waals surface area (Å²) >= 11 is 0. The third kappa shape index (κ3) is 1.79. The zero-order valence-electron chi connectivity index (χ0n) is 9.86. The second-order valence-corrected chi connectivity index (χ2v) is 4.06. The number of hydrogen-bond acceptors (Lipinski definition) is 4. The zero-order valence-corrected chi connectivity index (χ0v) is 9.86. The highest BCUT2D eigenvalue weighted by atomic mass is 16.6. The Morgan fingerprint density at radius 1 is 1.47 bits per heavy atom. The van der Waals surface area contributed by atoms with Crippen LogP contribution in [0.3, 0.4) is 0 Å². The summed E-state index contributed by atoms with van der Waals surface area (Å²) in [6.07, 6.45) is 4.76. The summed E-state index contributed by atoms with van der Waals surface area (Å²) in [5.74, 6) is 0.426. The number of rotatable bonds is 3. The van der Waals surface area contributed by atoms with Crippen molar-refractivity contribution in [3.05, 3.63) is 34.5 Å². The lowest BCUT2D eigenvalue weighted by Gasteiger charge is -2.01. The molecule has 0 saturated carbocycles. The summed E-state index contributed by atoms with van der Waals surface area (Å²) in [6, 6.07) is 0. The number of imidazole rings is 1. The van der Waals surface area contributed by atoms with Gasteiger partial charge in [-0.3, -0.25) is 14.7 Å². The van der Waals surface area contributed by atoms with Gasteiger partial charge < -0.3 is 0 Å². The molecule has 0 amide bonds. The molecule has 90 valence electrons. The molecule has 0 N–H and O–H groups in total. The third-order valence-electron chi connectivity index (χ3n) is 2.50. The predicted octanol–water partition coefficient (Wildman–Crippen LogP) is 1.64. The number of aryl methyl sites for hydroxylation is 1. The van der Waals surface area contributed by atoms with Crippen LogP contribution in [0, 0.1) is 10.1 Å². The topological polar surface area (TPSA) is 78.8 Å². The SMILES string of the molecule is CC(C)c1nn(C)c(-n2ccnc2)c1[N+](=O)[O-]. The first-order valence-electron chi connectivity index (χ1n) is 5.22. The summed E-state index contributed by atoms with van der Waals surface area (Å²) in [4.78, 5) is 14.7. The van der Waals surface area contributed by atoms with E-state index in [4.69, 9.17) is 0 Å². The molecule has 0 spiro atoms. The maximum Gasteiger partial charge on any atom is 0.335 e. The number of hydrogen-bond donors (Lipinski definition) is 0. The highest BCUT2D eigenvalue weighted by Crippen LogP contribution is 2.31. The van der Waals surface area contributed by atoms with Crippen LogP contribution in [-0.2, 0) is 7.05 Å². The van der Waals surface area contributed by atoms with Gasteiger partial charge in [0.2, 0.25) is 5.82 Å². The van der Waals surface area contributed by atoms with Crippen molar-refractivity contribution in [1.29, 1.82) is 0 Å². The van der Waals surface area contributed by atoms with Crippen LogP contribution < -0.4 is 0 Å². The van der Waals surface area contributed by atoms with Crippen LogP contribution in [0.5, 0.6) is 0 Å². The van der Waals surface area contributed by atoms with Crippen LogP contribution in [0.2, 0.25) is 0 Å².